The van der Waals surface area contributed by atoms with Crippen LogP contribution in [-0.4, -0.2) is 9.78 Å². The molecule has 0 aromatic carbocycles. The maximum atomic E-state index is 6.20. The Morgan fingerprint density at radius 3 is 3.06 bits per heavy atom. The first-order valence-corrected chi connectivity index (χ1v) is 6.50. The molecule has 1 unspecified atom stereocenters. The molecule has 17 heavy (non-hydrogen) atoms. The van der Waals surface area contributed by atoms with Crippen LogP contribution in [-0.2, 0) is 13.0 Å². The van der Waals surface area contributed by atoms with E-state index in [1.807, 2.05) is 16.8 Å². The maximum Gasteiger partial charge on any atom is 0.103 e. The molecule has 4 nitrogen and oxygen atoms in total. The van der Waals surface area contributed by atoms with Gasteiger partial charge >= 0.3 is 0 Å². The number of hydrogen-bond donors (Lipinski definition) is 1. The Balaban J connectivity index is 2.03. The van der Waals surface area contributed by atoms with Gasteiger partial charge in [-0.1, -0.05) is 0 Å². The van der Waals surface area contributed by atoms with E-state index in [4.69, 9.17) is 10.2 Å². The van der Waals surface area contributed by atoms with E-state index >= 15 is 0 Å². The lowest BCUT2D eigenvalue weighted by atomic mass is 10.1. The van der Waals surface area contributed by atoms with Gasteiger partial charge in [0.2, 0.25) is 0 Å². The van der Waals surface area contributed by atoms with Gasteiger partial charge in [-0.3, -0.25) is 4.68 Å². The minimum Gasteiger partial charge on any atom is -0.469 e. The molecule has 0 fully saturated rings. The van der Waals surface area contributed by atoms with Gasteiger partial charge in [0.05, 0.1) is 22.6 Å². The van der Waals surface area contributed by atoms with Gasteiger partial charge in [0, 0.05) is 19.0 Å². The number of nitrogens with two attached hydrogens (primary N) is 1. The Kier molecular flexibility index (Phi) is 4.02. The summed E-state index contributed by atoms with van der Waals surface area (Å²) in [6, 6.07) is 3.84. The average Bonchev–Trinajstić information content (AvgIpc) is 2.94. The molecule has 2 rings (SSSR count). The van der Waals surface area contributed by atoms with Crippen LogP contribution in [0, 0.1) is 0 Å². The Morgan fingerprint density at radius 1 is 1.59 bits per heavy atom. The van der Waals surface area contributed by atoms with Crippen LogP contribution in [0.4, 0.5) is 0 Å². The van der Waals surface area contributed by atoms with Crippen LogP contribution < -0.4 is 5.73 Å². The standard InChI is InChI=1S/C12H16BrN3O/c1-2-16-12(10(13)8-15-16)11(14)6-5-9-4-3-7-17-9/h3-4,7-8,11H,2,5-6,14H2,1H3. The van der Waals surface area contributed by atoms with Crippen molar-refractivity contribution >= 4 is 15.9 Å². The second kappa shape index (κ2) is 5.51. The summed E-state index contributed by atoms with van der Waals surface area (Å²) in [6.07, 6.45) is 5.17. The van der Waals surface area contributed by atoms with Crippen LogP contribution in [0.1, 0.15) is 30.8 Å². The highest BCUT2D eigenvalue weighted by Gasteiger charge is 2.16. The van der Waals surface area contributed by atoms with E-state index < -0.39 is 0 Å². The van der Waals surface area contributed by atoms with Crippen molar-refractivity contribution in [2.75, 3.05) is 0 Å². The number of aromatic nitrogens is 2. The maximum absolute atomic E-state index is 6.20. The fraction of sp³-hybridized carbons (Fsp3) is 0.417. The second-order valence-corrected chi connectivity index (χ2v) is 4.77. The third kappa shape index (κ3) is 2.79. The minimum absolute atomic E-state index is 0.0306. The third-order valence-corrected chi connectivity index (χ3v) is 3.38. The van der Waals surface area contributed by atoms with Crippen LogP contribution in [0.25, 0.3) is 0 Å². The Labute approximate surface area is 109 Å². The largest absolute Gasteiger partial charge is 0.469 e. The van der Waals surface area contributed by atoms with Gasteiger partial charge in [0.25, 0.3) is 0 Å². The Hall–Kier alpha value is -1.07. The zero-order valence-electron chi connectivity index (χ0n) is 9.77. The molecule has 5 heteroatoms. The number of hydrogen-bond acceptors (Lipinski definition) is 3. The van der Waals surface area contributed by atoms with Crippen molar-refractivity contribution in [3.63, 3.8) is 0 Å². The molecule has 2 heterocycles. The normalized spacial score (nSPS) is 12.9. The van der Waals surface area contributed by atoms with E-state index in [2.05, 4.69) is 28.0 Å². The van der Waals surface area contributed by atoms with E-state index in [0.717, 1.165) is 35.3 Å². The van der Waals surface area contributed by atoms with Crippen molar-refractivity contribution in [1.82, 2.24) is 9.78 Å². The van der Waals surface area contributed by atoms with Crippen LogP contribution in [0.3, 0.4) is 0 Å². The summed E-state index contributed by atoms with van der Waals surface area (Å²) in [5, 5.41) is 4.27. The fourth-order valence-corrected chi connectivity index (χ4v) is 2.47. The van der Waals surface area contributed by atoms with Crippen molar-refractivity contribution in [2.24, 2.45) is 5.73 Å². The lowest BCUT2D eigenvalue weighted by molar-refractivity contribution is 0.476. The number of halogens is 1. The molecule has 0 radical (unpaired) electrons. The van der Waals surface area contributed by atoms with Crippen LogP contribution >= 0.6 is 15.9 Å². The molecular formula is C12H16BrN3O. The quantitative estimate of drug-likeness (QED) is 0.923. The zero-order valence-corrected chi connectivity index (χ0v) is 11.4. The lowest BCUT2D eigenvalue weighted by Gasteiger charge is -2.13. The predicted molar refractivity (Wildman–Crippen MR) is 69.6 cm³/mol. The summed E-state index contributed by atoms with van der Waals surface area (Å²) >= 11 is 3.49. The van der Waals surface area contributed by atoms with Crippen molar-refractivity contribution in [3.05, 3.63) is 40.5 Å². The molecule has 0 bridgehead atoms. The molecule has 2 aromatic rings. The summed E-state index contributed by atoms with van der Waals surface area (Å²) in [5.41, 5.74) is 7.26. The predicted octanol–water partition coefficient (Wildman–Crippen LogP) is 2.89. The van der Waals surface area contributed by atoms with Crippen molar-refractivity contribution < 1.29 is 4.42 Å². The molecule has 2 aromatic heterocycles. The van der Waals surface area contributed by atoms with Crippen molar-refractivity contribution in [2.45, 2.75) is 32.4 Å². The fourth-order valence-electron chi connectivity index (χ4n) is 1.88. The van der Waals surface area contributed by atoms with Gasteiger partial charge in [0.1, 0.15) is 5.76 Å². The van der Waals surface area contributed by atoms with Gasteiger partial charge in [-0.25, -0.2) is 0 Å². The van der Waals surface area contributed by atoms with E-state index in [0.29, 0.717) is 0 Å². The summed E-state index contributed by atoms with van der Waals surface area (Å²) in [5.74, 6) is 0.971. The average molecular weight is 298 g/mol. The summed E-state index contributed by atoms with van der Waals surface area (Å²) in [7, 11) is 0. The molecule has 0 aliphatic carbocycles. The van der Waals surface area contributed by atoms with Gasteiger partial charge in [-0.05, 0) is 41.4 Å². The first-order valence-electron chi connectivity index (χ1n) is 5.71. The van der Waals surface area contributed by atoms with Crippen LogP contribution in [0.15, 0.2) is 33.5 Å². The Bertz CT molecular complexity index is 464. The number of aryl methyl sites for hydroxylation is 2. The molecule has 0 saturated carbocycles. The smallest absolute Gasteiger partial charge is 0.103 e. The van der Waals surface area contributed by atoms with E-state index in [1.165, 1.54) is 0 Å². The highest BCUT2D eigenvalue weighted by molar-refractivity contribution is 9.10. The number of nitrogens with zero attached hydrogens (tertiary/aromatic N) is 2. The van der Waals surface area contributed by atoms with Crippen LogP contribution in [0.5, 0.6) is 0 Å². The van der Waals surface area contributed by atoms with E-state index in [9.17, 15) is 0 Å². The monoisotopic (exact) mass is 297 g/mol. The Morgan fingerprint density at radius 2 is 2.41 bits per heavy atom. The molecule has 92 valence electrons. The molecule has 0 saturated heterocycles. The lowest BCUT2D eigenvalue weighted by Crippen LogP contribution is -2.17. The second-order valence-electron chi connectivity index (χ2n) is 3.92. The summed E-state index contributed by atoms with van der Waals surface area (Å²) < 4.78 is 8.20. The molecule has 0 aliphatic rings. The highest BCUT2D eigenvalue weighted by Crippen LogP contribution is 2.25. The first-order chi connectivity index (χ1) is 8.22. The van der Waals surface area contributed by atoms with Gasteiger partial charge in [-0.2, -0.15) is 5.10 Å². The first kappa shape index (κ1) is 12.4. The van der Waals surface area contributed by atoms with Crippen molar-refractivity contribution in [1.29, 1.82) is 0 Å². The molecule has 0 amide bonds. The van der Waals surface area contributed by atoms with E-state index in [-0.39, 0.29) is 6.04 Å². The molecule has 1 atom stereocenters. The van der Waals surface area contributed by atoms with Crippen molar-refractivity contribution in [3.8, 4) is 0 Å². The SMILES string of the molecule is CCn1ncc(Br)c1C(N)CCc1ccco1. The van der Waals surface area contributed by atoms with Gasteiger partial charge in [0.15, 0.2) is 0 Å². The zero-order chi connectivity index (χ0) is 12.3. The summed E-state index contributed by atoms with van der Waals surface area (Å²) in [6.45, 7) is 2.89. The van der Waals surface area contributed by atoms with Gasteiger partial charge in [-0.15, -0.1) is 0 Å². The van der Waals surface area contributed by atoms with Gasteiger partial charge < -0.3 is 10.2 Å². The molecule has 0 spiro atoms. The minimum atomic E-state index is -0.0306. The summed E-state index contributed by atoms with van der Waals surface area (Å²) in [4.78, 5) is 0. The number of rotatable bonds is 5. The number of furan rings is 1. The topological polar surface area (TPSA) is 57.0 Å². The highest BCUT2D eigenvalue weighted by atomic mass is 79.9. The molecule has 0 aliphatic heterocycles. The molecule has 2 N–H and O–H groups in total. The van der Waals surface area contributed by atoms with E-state index in [1.54, 1.807) is 12.5 Å². The van der Waals surface area contributed by atoms with Crippen LogP contribution in [0.2, 0.25) is 0 Å². The molecular weight excluding hydrogens is 282 g/mol. The third-order valence-electron chi connectivity index (χ3n) is 2.77.